The molecule has 0 aliphatic carbocycles. The fourth-order valence-electron chi connectivity index (χ4n) is 4.37. The van der Waals surface area contributed by atoms with Crippen LogP contribution in [0.15, 0.2) is 91.5 Å². The molecular weight excluding hydrogens is 444 g/mol. The van der Waals surface area contributed by atoms with E-state index in [1.54, 1.807) is 12.4 Å². The number of nitrogens with zero attached hydrogens (tertiary/aromatic N) is 4. The Balaban J connectivity index is 1.56. The molecule has 0 saturated carbocycles. The third-order valence-corrected chi connectivity index (χ3v) is 6.12. The number of pyridine rings is 2. The zero-order valence-corrected chi connectivity index (χ0v) is 19.4. The predicted molar refractivity (Wildman–Crippen MR) is 136 cm³/mol. The predicted octanol–water partition coefficient (Wildman–Crippen LogP) is 4.46. The molecule has 0 spiro atoms. The number of anilines is 2. The maximum atomic E-state index is 11.4. The van der Waals surface area contributed by atoms with Crippen LogP contribution < -0.4 is 15.5 Å². The Labute approximate surface area is 203 Å². The summed E-state index contributed by atoms with van der Waals surface area (Å²) < 4.78 is 2.23. The first-order chi connectivity index (χ1) is 16.6. The molecule has 1 saturated heterocycles. The maximum Gasteiger partial charge on any atom is 0.221 e. The lowest BCUT2D eigenvalue weighted by Gasteiger charge is -2.29. The van der Waals surface area contributed by atoms with Crippen LogP contribution in [0, 0.1) is 0 Å². The van der Waals surface area contributed by atoms with E-state index in [0.29, 0.717) is 11.7 Å². The lowest BCUT2D eigenvalue weighted by molar-refractivity contribution is -0.114. The molecule has 1 aliphatic rings. The van der Waals surface area contributed by atoms with Gasteiger partial charge in [0.2, 0.25) is 5.91 Å². The molecule has 170 valence electrons. The van der Waals surface area contributed by atoms with Crippen LogP contribution in [0.5, 0.6) is 0 Å². The molecule has 3 aromatic heterocycles. The zero-order chi connectivity index (χ0) is 23.5. The number of hydrogen-bond acceptors (Lipinski definition) is 4. The van der Waals surface area contributed by atoms with Crippen LogP contribution in [0.25, 0.3) is 0 Å². The summed E-state index contributed by atoms with van der Waals surface area (Å²) in [4.78, 5) is 22.5. The average Bonchev–Trinajstić information content (AvgIpc) is 3.44. The first-order valence-electron chi connectivity index (χ1n) is 11.0. The largest absolute Gasteiger partial charge is 0.351 e. The zero-order valence-electron chi connectivity index (χ0n) is 18.6. The van der Waals surface area contributed by atoms with Crippen LogP contribution in [-0.2, 0) is 11.3 Å². The monoisotopic (exact) mass is 468 g/mol. The molecule has 1 aromatic carbocycles. The minimum absolute atomic E-state index is 0.104. The van der Waals surface area contributed by atoms with E-state index in [1.807, 2.05) is 54.7 Å². The van der Waals surface area contributed by atoms with Crippen LogP contribution >= 0.6 is 12.2 Å². The molecule has 1 fully saturated rings. The number of amides is 1. The van der Waals surface area contributed by atoms with E-state index in [9.17, 15) is 4.79 Å². The summed E-state index contributed by atoms with van der Waals surface area (Å²) in [6.45, 7) is 2.20. The Morgan fingerprint density at radius 3 is 2.62 bits per heavy atom. The Kier molecular flexibility index (Phi) is 6.05. The van der Waals surface area contributed by atoms with Crippen LogP contribution in [0.1, 0.15) is 36.0 Å². The van der Waals surface area contributed by atoms with Crippen LogP contribution in [0.2, 0.25) is 0 Å². The van der Waals surface area contributed by atoms with Gasteiger partial charge >= 0.3 is 0 Å². The second kappa shape index (κ2) is 9.44. The van der Waals surface area contributed by atoms with E-state index in [1.165, 1.54) is 6.92 Å². The molecular formula is C26H24N6OS. The van der Waals surface area contributed by atoms with Crippen LogP contribution in [0.3, 0.4) is 0 Å². The van der Waals surface area contributed by atoms with Crippen molar-refractivity contribution in [2.24, 2.45) is 0 Å². The van der Waals surface area contributed by atoms with Gasteiger partial charge in [0.25, 0.3) is 0 Å². The lowest BCUT2D eigenvalue weighted by atomic mass is 10.0. The smallest absolute Gasteiger partial charge is 0.221 e. The Morgan fingerprint density at radius 2 is 1.91 bits per heavy atom. The van der Waals surface area contributed by atoms with Crippen molar-refractivity contribution >= 4 is 34.6 Å². The fourth-order valence-corrected chi connectivity index (χ4v) is 4.72. The van der Waals surface area contributed by atoms with Gasteiger partial charge in [-0.25, -0.2) is 0 Å². The van der Waals surface area contributed by atoms with Crippen molar-refractivity contribution in [1.29, 1.82) is 0 Å². The molecule has 34 heavy (non-hydrogen) atoms. The third kappa shape index (κ3) is 4.40. The van der Waals surface area contributed by atoms with Crippen molar-refractivity contribution in [3.63, 3.8) is 0 Å². The summed E-state index contributed by atoms with van der Waals surface area (Å²) in [6, 6.07) is 21.6. The summed E-state index contributed by atoms with van der Waals surface area (Å²) >= 11 is 5.82. The molecule has 4 heterocycles. The molecule has 4 aromatic rings. The molecule has 1 aliphatic heterocycles. The van der Waals surface area contributed by atoms with Crippen molar-refractivity contribution in [2.45, 2.75) is 25.6 Å². The van der Waals surface area contributed by atoms with Gasteiger partial charge in [-0.1, -0.05) is 12.1 Å². The summed E-state index contributed by atoms with van der Waals surface area (Å²) in [5, 5.41) is 6.94. The topological polar surface area (TPSA) is 75.1 Å². The molecule has 0 bridgehead atoms. The number of nitrogens with one attached hydrogen (secondary N) is 2. The Hall–Kier alpha value is -4.04. The number of thiocarbonyl (C=S) groups is 1. The van der Waals surface area contributed by atoms with Gasteiger partial charge in [-0.3, -0.25) is 14.8 Å². The second-order valence-corrected chi connectivity index (χ2v) is 8.53. The minimum Gasteiger partial charge on any atom is -0.351 e. The highest BCUT2D eigenvalue weighted by atomic mass is 32.1. The average molecular weight is 469 g/mol. The van der Waals surface area contributed by atoms with Crippen LogP contribution in [-0.4, -0.2) is 25.6 Å². The SMILES string of the molecule is CC(=O)Nc1ccc(N2C(=S)N[C@@H](c3ccccn3)[C@@H]2c2cccn2Cc2cccnc2)cc1. The number of benzene rings is 1. The van der Waals surface area contributed by atoms with Gasteiger partial charge in [0.05, 0.1) is 11.7 Å². The molecule has 8 heteroatoms. The van der Waals surface area contributed by atoms with Crippen molar-refractivity contribution in [3.05, 3.63) is 108 Å². The Bertz CT molecular complexity index is 1290. The molecule has 7 nitrogen and oxygen atoms in total. The van der Waals surface area contributed by atoms with E-state index < -0.39 is 0 Å². The molecule has 1 amide bonds. The summed E-state index contributed by atoms with van der Waals surface area (Å²) in [5.74, 6) is -0.104. The molecule has 0 unspecified atom stereocenters. The molecule has 2 N–H and O–H groups in total. The first-order valence-corrected chi connectivity index (χ1v) is 11.4. The van der Waals surface area contributed by atoms with E-state index in [2.05, 4.69) is 54.5 Å². The summed E-state index contributed by atoms with van der Waals surface area (Å²) in [6.07, 6.45) is 7.55. The van der Waals surface area contributed by atoms with E-state index in [0.717, 1.165) is 28.3 Å². The van der Waals surface area contributed by atoms with Crippen molar-refractivity contribution in [1.82, 2.24) is 19.9 Å². The normalized spacial score (nSPS) is 17.4. The van der Waals surface area contributed by atoms with Crippen molar-refractivity contribution in [3.8, 4) is 0 Å². The molecule has 0 radical (unpaired) electrons. The molecule has 2 atom stereocenters. The van der Waals surface area contributed by atoms with Gasteiger partial charge in [-0.15, -0.1) is 0 Å². The number of carbonyl (C=O) groups is 1. The molecule has 5 rings (SSSR count). The van der Waals surface area contributed by atoms with Gasteiger partial charge in [0, 0.05) is 55.3 Å². The van der Waals surface area contributed by atoms with Gasteiger partial charge in [-0.2, -0.15) is 0 Å². The highest BCUT2D eigenvalue weighted by Gasteiger charge is 2.42. The van der Waals surface area contributed by atoms with E-state index in [-0.39, 0.29) is 18.0 Å². The standard InChI is InChI=1S/C26H24N6OS/c1-18(33)29-20-9-11-21(12-10-20)32-25(24(30-26(32)34)22-7-2-3-14-28-22)23-8-5-15-31(23)17-19-6-4-13-27-16-19/h2-16,24-25H,17H2,1H3,(H,29,33)(H,30,34)/t24-,25-/m0/s1. The number of aromatic nitrogens is 3. The van der Waals surface area contributed by atoms with Gasteiger partial charge in [0.1, 0.15) is 6.04 Å². The Morgan fingerprint density at radius 1 is 1.06 bits per heavy atom. The lowest BCUT2D eigenvalue weighted by Crippen LogP contribution is -2.30. The van der Waals surface area contributed by atoms with Crippen molar-refractivity contribution in [2.75, 3.05) is 10.2 Å². The van der Waals surface area contributed by atoms with E-state index >= 15 is 0 Å². The summed E-state index contributed by atoms with van der Waals surface area (Å²) in [7, 11) is 0. The highest BCUT2D eigenvalue weighted by Crippen LogP contribution is 2.41. The van der Waals surface area contributed by atoms with E-state index in [4.69, 9.17) is 12.2 Å². The van der Waals surface area contributed by atoms with Gasteiger partial charge in [0.15, 0.2) is 5.11 Å². The fraction of sp³-hybridized carbons (Fsp3) is 0.154. The number of rotatable bonds is 6. The third-order valence-electron chi connectivity index (χ3n) is 5.81. The summed E-state index contributed by atoms with van der Waals surface area (Å²) in [5.41, 5.74) is 4.82. The highest BCUT2D eigenvalue weighted by molar-refractivity contribution is 7.80. The van der Waals surface area contributed by atoms with Gasteiger partial charge in [-0.05, 0) is 72.4 Å². The minimum atomic E-state index is -0.133. The maximum absolute atomic E-state index is 11.4. The van der Waals surface area contributed by atoms with Crippen molar-refractivity contribution < 1.29 is 4.79 Å². The quantitative estimate of drug-likeness (QED) is 0.407. The van der Waals surface area contributed by atoms with Crippen LogP contribution in [0.4, 0.5) is 11.4 Å². The second-order valence-electron chi connectivity index (χ2n) is 8.15. The number of carbonyl (C=O) groups excluding carboxylic acids is 1. The van der Waals surface area contributed by atoms with Gasteiger partial charge < -0.3 is 20.1 Å². The first kappa shape index (κ1) is 21.8. The number of hydrogen-bond donors (Lipinski definition) is 2.